The van der Waals surface area contributed by atoms with Crippen LogP contribution in [-0.2, 0) is 27.4 Å². The van der Waals surface area contributed by atoms with Crippen LogP contribution in [0.25, 0.3) is 0 Å². The monoisotopic (exact) mass is 254 g/mol. The largest absolute Gasteiger partial charge is 0.464 e. The van der Waals surface area contributed by atoms with Gasteiger partial charge in [-0.05, 0) is 6.92 Å². The molecule has 0 spiro atoms. The summed E-state index contributed by atoms with van der Waals surface area (Å²) < 4.78 is 12.1. The lowest BCUT2D eigenvalue weighted by molar-refractivity contribution is -0.148. The van der Waals surface area contributed by atoms with Crippen molar-refractivity contribution < 1.29 is 14.3 Å². The first-order valence-electron chi connectivity index (χ1n) is 6.12. The Hall–Kier alpha value is -1.47. The Morgan fingerprint density at radius 3 is 3.22 bits per heavy atom. The van der Waals surface area contributed by atoms with Gasteiger partial charge in [-0.2, -0.15) is 0 Å². The van der Waals surface area contributed by atoms with Crippen molar-refractivity contribution in [1.29, 1.82) is 0 Å². The normalized spacial score (nSPS) is 15.4. The van der Waals surface area contributed by atoms with E-state index in [2.05, 4.69) is 19.7 Å². The molecule has 1 aromatic rings. The Labute approximate surface area is 106 Å². The number of aromatic nitrogens is 3. The third-order valence-corrected chi connectivity index (χ3v) is 2.79. The summed E-state index contributed by atoms with van der Waals surface area (Å²) in [7, 11) is 0. The van der Waals surface area contributed by atoms with Gasteiger partial charge in [-0.1, -0.05) is 0 Å². The zero-order valence-electron chi connectivity index (χ0n) is 10.5. The van der Waals surface area contributed by atoms with Crippen LogP contribution in [0, 0.1) is 0 Å². The maximum absolute atomic E-state index is 11.0. The van der Waals surface area contributed by atoms with Crippen LogP contribution in [0.1, 0.15) is 12.7 Å². The van der Waals surface area contributed by atoms with Gasteiger partial charge >= 0.3 is 5.97 Å². The Bertz CT molecular complexity index is 393. The van der Waals surface area contributed by atoms with E-state index >= 15 is 0 Å². The molecule has 0 aromatic carbocycles. The Kier molecular flexibility index (Phi) is 4.66. The number of esters is 1. The fourth-order valence-electron chi connectivity index (χ4n) is 1.86. The van der Waals surface area contributed by atoms with Crippen molar-refractivity contribution in [2.45, 2.75) is 20.0 Å². The second kappa shape index (κ2) is 6.46. The zero-order chi connectivity index (χ0) is 12.8. The van der Waals surface area contributed by atoms with Gasteiger partial charge in [0, 0.05) is 19.6 Å². The lowest BCUT2D eigenvalue weighted by atomic mass is 10.3. The molecule has 18 heavy (non-hydrogen) atoms. The van der Waals surface area contributed by atoms with E-state index in [4.69, 9.17) is 9.47 Å². The van der Waals surface area contributed by atoms with Gasteiger partial charge in [0.15, 0.2) is 0 Å². The maximum Gasteiger partial charge on any atom is 0.332 e. The fraction of sp³-hybridized carbons (Fsp3) is 0.727. The van der Waals surface area contributed by atoms with Crippen molar-refractivity contribution in [3.05, 3.63) is 12.2 Å². The van der Waals surface area contributed by atoms with E-state index in [1.165, 1.54) is 0 Å². The molecular weight excluding hydrogens is 236 g/mol. The summed E-state index contributed by atoms with van der Waals surface area (Å²) in [5.41, 5.74) is 0. The number of fused-ring (bicyclic) bond motifs is 1. The predicted octanol–water partition coefficient (Wildman–Crippen LogP) is -0.327. The van der Waals surface area contributed by atoms with Gasteiger partial charge in [0.05, 0.1) is 19.8 Å². The third-order valence-electron chi connectivity index (χ3n) is 2.79. The van der Waals surface area contributed by atoms with E-state index < -0.39 is 0 Å². The van der Waals surface area contributed by atoms with E-state index in [-0.39, 0.29) is 12.6 Å². The SMILES string of the molecule is CCOC(=O)COCCN1CCn2cnnc2C1. The van der Waals surface area contributed by atoms with Crippen molar-refractivity contribution in [2.24, 2.45) is 0 Å². The topological polar surface area (TPSA) is 69.5 Å². The number of hydrogen-bond acceptors (Lipinski definition) is 6. The number of rotatable bonds is 6. The van der Waals surface area contributed by atoms with Crippen molar-refractivity contribution in [3.8, 4) is 0 Å². The van der Waals surface area contributed by atoms with Gasteiger partial charge in [0.25, 0.3) is 0 Å². The molecule has 0 bridgehead atoms. The molecule has 0 aliphatic carbocycles. The first-order valence-corrected chi connectivity index (χ1v) is 6.12. The second-order valence-electron chi connectivity index (χ2n) is 4.07. The number of ether oxygens (including phenoxy) is 2. The molecule has 7 nitrogen and oxygen atoms in total. The molecule has 1 aromatic heterocycles. The smallest absolute Gasteiger partial charge is 0.332 e. The summed E-state index contributed by atoms with van der Waals surface area (Å²) in [4.78, 5) is 13.3. The van der Waals surface area contributed by atoms with Gasteiger partial charge in [0.1, 0.15) is 18.8 Å². The molecule has 0 fully saturated rings. The Morgan fingerprint density at radius 2 is 2.39 bits per heavy atom. The minimum atomic E-state index is -0.309. The zero-order valence-corrected chi connectivity index (χ0v) is 10.5. The van der Waals surface area contributed by atoms with E-state index in [1.54, 1.807) is 13.3 Å². The molecule has 0 saturated heterocycles. The van der Waals surface area contributed by atoms with E-state index in [0.717, 1.165) is 32.0 Å². The molecule has 1 aliphatic rings. The molecule has 7 heteroatoms. The first kappa shape index (κ1) is 13.0. The number of carbonyl (C=O) groups is 1. The molecule has 100 valence electrons. The fourth-order valence-corrected chi connectivity index (χ4v) is 1.86. The molecule has 1 aliphatic heterocycles. The highest BCUT2D eigenvalue weighted by atomic mass is 16.6. The van der Waals surface area contributed by atoms with Crippen molar-refractivity contribution in [3.63, 3.8) is 0 Å². The van der Waals surface area contributed by atoms with Crippen LogP contribution in [0.4, 0.5) is 0 Å². The van der Waals surface area contributed by atoms with Crippen LogP contribution >= 0.6 is 0 Å². The Balaban J connectivity index is 1.62. The highest BCUT2D eigenvalue weighted by molar-refractivity contribution is 5.70. The molecule has 2 heterocycles. The van der Waals surface area contributed by atoms with Crippen molar-refractivity contribution in [2.75, 3.05) is 32.9 Å². The number of carbonyl (C=O) groups excluding carboxylic acids is 1. The van der Waals surface area contributed by atoms with Crippen LogP contribution < -0.4 is 0 Å². The number of hydrogen-bond donors (Lipinski definition) is 0. The standard InChI is InChI=1S/C11H18N4O3/c1-2-18-11(16)8-17-6-5-14-3-4-15-9-12-13-10(15)7-14/h9H,2-8H2,1H3. The Morgan fingerprint density at radius 1 is 1.50 bits per heavy atom. The minimum Gasteiger partial charge on any atom is -0.464 e. The third kappa shape index (κ3) is 3.51. The van der Waals surface area contributed by atoms with Gasteiger partial charge in [-0.25, -0.2) is 4.79 Å². The lowest BCUT2D eigenvalue weighted by Gasteiger charge is -2.26. The number of nitrogens with zero attached hydrogens (tertiary/aromatic N) is 4. The van der Waals surface area contributed by atoms with Crippen LogP contribution in [0.3, 0.4) is 0 Å². The summed E-state index contributed by atoms with van der Waals surface area (Å²) in [6.45, 7) is 6.14. The molecule has 0 unspecified atom stereocenters. The minimum absolute atomic E-state index is 0.0257. The van der Waals surface area contributed by atoms with Crippen LogP contribution in [0.15, 0.2) is 6.33 Å². The average molecular weight is 254 g/mol. The molecule has 2 rings (SSSR count). The molecule has 0 saturated carbocycles. The van der Waals surface area contributed by atoms with E-state index in [0.29, 0.717) is 13.2 Å². The molecule has 0 amide bonds. The average Bonchev–Trinajstić information content (AvgIpc) is 2.82. The van der Waals surface area contributed by atoms with Gasteiger partial charge in [-0.3, -0.25) is 4.90 Å². The van der Waals surface area contributed by atoms with Gasteiger partial charge in [-0.15, -0.1) is 10.2 Å². The van der Waals surface area contributed by atoms with E-state index in [1.807, 2.05) is 0 Å². The van der Waals surface area contributed by atoms with E-state index in [9.17, 15) is 4.79 Å². The summed E-state index contributed by atoms with van der Waals surface area (Å²) in [6.07, 6.45) is 1.75. The predicted molar refractivity (Wildman–Crippen MR) is 62.8 cm³/mol. The van der Waals surface area contributed by atoms with Crippen LogP contribution in [-0.4, -0.2) is 58.5 Å². The van der Waals surface area contributed by atoms with Crippen molar-refractivity contribution in [1.82, 2.24) is 19.7 Å². The summed E-state index contributed by atoms with van der Waals surface area (Å²) in [6, 6.07) is 0. The molecule has 0 atom stereocenters. The van der Waals surface area contributed by atoms with Crippen LogP contribution in [0.5, 0.6) is 0 Å². The summed E-state index contributed by atoms with van der Waals surface area (Å²) in [5, 5.41) is 7.92. The highest BCUT2D eigenvalue weighted by Crippen LogP contribution is 2.07. The quantitative estimate of drug-likeness (QED) is 0.511. The highest BCUT2D eigenvalue weighted by Gasteiger charge is 2.16. The molecular formula is C11H18N4O3. The summed E-state index contributed by atoms with van der Waals surface area (Å²) in [5.74, 6) is 0.669. The molecule has 0 N–H and O–H groups in total. The first-order chi connectivity index (χ1) is 8.79. The van der Waals surface area contributed by atoms with Gasteiger partial charge in [0.2, 0.25) is 0 Å². The molecule has 0 radical (unpaired) electrons. The second-order valence-corrected chi connectivity index (χ2v) is 4.07. The maximum atomic E-state index is 11.0. The summed E-state index contributed by atoms with van der Waals surface area (Å²) >= 11 is 0. The van der Waals surface area contributed by atoms with Crippen molar-refractivity contribution >= 4 is 5.97 Å². The van der Waals surface area contributed by atoms with Crippen LogP contribution in [0.2, 0.25) is 0 Å². The van der Waals surface area contributed by atoms with Gasteiger partial charge < -0.3 is 14.0 Å². The lowest BCUT2D eigenvalue weighted by Crippen LogP contribution is -2.36.